The van der Waals surface area contributed by atoms with E-state index in [1.165, 1.54) is 0 Å². The summed E-state index contributed by atoms with van der Waals surface area (Å²) in [4.78, 5) is 30.1. The van der Waals surface area contributed by atoms with Crippen LogP contribution in [0.15, 0.2) is 498 Å². The van der Waals surface area contributed by atoms with E-state index in [1.54, 1.807) is 0 Å². The van der Waals surface area contributed by atoms with E-state index < -0.39 is 0 Å². The third kappa shape index (κ3) is 17.1. The molecule has 146 heavy (non-hydrogen) atoms. The molecule has 0 atom stereocenters. The van der Waals surface area contributed by atoms with Gasteiger partial charge in [-0.15, -0.1) is 106 Å². The molecule has 0 aliphatic heterocycles. The zero-order chi connectivity index (χ0) is 95.3. The summed E-state index contributed by atoms with van der Waals surface area (Å²) in [6.45, 7) is 0. The van der Waals surface area contributed by atoms with Gasteiger partial charge >= 0.3 is 40.2 Å². The molecule has 20 aromatic carbocycles. The summed E-state index contributed by atoms with van der Waals surface area (Å²) < 4.78 is 0. The van der Waals surface area contributed by atoms with Crippen LogP contribution in [0.1, 0.15) is 0 Å². The van der Waals surface area contributed by atoms with Crippen LogP contribution in [0.3, 0.4) is 0 Å². The zero-order valence-corrected chi connectivity index (χ0v) is 83.5. The number of hydrogen-bond acceptors (Lipinski definition) is 6. The molecule has 26 aromatic rings. The normalized spacial score (nSPS) is 11.3. The van der Waals surface area contributed by atoms with Gasteiger partial charge in [0.15, 0.2) is 0 Å². The van der Waals surface area contributed by atoms with Crippen molar-refractivity contribution in [1.29, 1.82) is 0 Å². The summed E-state index contributed by atoms with van der Waals surface area (Å²) >= 11 is 0. The van der Waals surface area contributed by atoms with Crippen LogP contribution in [-0.4, -0.2) is 29.9 Å². The second kappa shape index (κ2) is 39.6. The predicted molar refractivity (Wildman–Crippen MR) is 595 cm³/mol. The Hall–Kier alpha value is -17.8. The van der Waals surface area contributed by atoms with E-state index >= 15 is 0 Å². The maximum Gasteiger partial charge on any atom is 3.00 e. The average molecular weight is 2210 g/mol. The van der Waals surface area contributed by atoms with Gasteiger partial charge in [-0.05, 0) is 229 Å². The van der Waals surface area contributed by atoms with Gasteiger partial charge in [-0.1, -0.05) is 427 Å². The van der Waals surface area contributed by atoms with Crippen LogP contribution in [0.5, 0.6) is 0 Å². The summed E-state index contributed by atoms with van der Waals surface area (Å²) in [5, 5.41) is 11.0. The SMILES string of the molecule is [Ir+3].[Ir+3].[c-]1cc(-c2ccccc2-c2cc(-c3ccccc3-c3c[c-]c(-c4[c-]cc(-c5ccccc5-c5cc(-c6ccccc6-c6c[c-]c7c(c6)c6ccccc6c6cccnc76)cc(-c6ccccc6-c6c[c-]c(-c7ccccn7)cc6-c6cccc(-c7ccccc7)c6)c5)cn4)nc3)cc(-c3ccccc3-c3c[c-]c4c(c3)c3ccccc3c3cccnc43)c2)c(-c2cccc(-c3ccccc3)c2)cc1-c1ccccn1. The monoisotopic (exact) mass is 2210 g/mol. The molecule has 6 aromatic heterocycles. The number of nitrogens with zero attached hydrogens (tertiary/aromatic N) is 6. The van der Waals surface area contributed by atoms with E-state index in [1.807, 2.05) is 85.7 Å². The minimum atomic E-state index is 0. The van der Waals surface area contributed by atoms with Crippen LogP contribution in [0.4, 0.5) is 0 Å². The molecule has 8 heteroatoms. The quantitative estimate of drug-likeness (QED) is 0.0593. The van der Waals surface area contributed by atoms with Gasteiger partial charge in [-0.2, -0.15) is 12.1 Å². The van der Waals surface area contributed by atoms with Crippen LogP contribution >= 0.6 is 0 Å². The fraction of sp³-hybridized carbons (Fsp3) is 0. The van der Waals surface area contributed by atoms with Crippen molar-refractivity contribution in [3.8, 4) is 212 Å². The molecule has 0 aliphatic rings. The van der Waals surface area contributed by atoms with E-state index in [4.69, 9.17) is 29.9 Å². The molecule has 0 aliphatic carbocycles. The largest absolute Gasteiger partial charge is 3.00 e. The first-order valence-corrected chi connectivity index (χ1v) is 48.5. The summed E-state index contributed by atoms with van der Waals surface area (Å²) in [7, 11) is 0. The van der Waals surface area contributed by atoms with Gasteiger partial charge in [0.05, 0.1) is 0 Å². The van der Waals surface area contributed by atoms with Gasteiger partial charge in [-0.3, -0.25) is 0 Å². The van der Waals surface area contributed by atoms with E-state index in [2.05, 4.69) is 449 Å². The van der Waals surface area contributed by atoms with Crippen molar-refractivity contribution >= 4 is 64.9 Å². The third-order valence-corrected chi connectivity index (χ3v) is 28.1. The van der Waals surface area contributed by atoms with Crippen LogP contribution in [0.25, 0.3) is 277 Å². The number of hydrogen-bond donors (Lipinski definition) is 0. The number of rotatable bonds is 19. The zero-order valence-electron chi connectivity index (χ0n) is 78.7. The molecule has 6 nitrogen and oxygen atoms in total. The maximum absolute atomic E-state index is 5.25. The standard InChI is InChI=1S/C138H82N6.2Ir/c1-3-31-89(32-4-1)91-35-27-37-93(75-91)129-85-97(133-57-23-25-71-139-133)61-65-123(129)117-49-17-15-47-115(117)105-79-101(111-43-11-7-39-107(111)95-59-67-127-131(83-95)121-53-21-19-51-119(121)125-55-29-73-141-137(125)127)77-103(81-105)113-45-13-9-41-109(113)99-63-69-135(143-87-99)136-70-64-100(88-144-136)110-42-10-14-46-114(110)104-78-102(112-44-12-8-40-108(112)96-60-68-128-132(84-96)122-54-22-20-52-120(122)126-56-30-74-142-138(126)128)80-106(82-104)116-48-16-18-50-118(116)124-66-62-98(134-58-24-26-72-140-134)86-130(124)94-38-28-36-92(76-94)90-33-5-2-6-34-90;;/h1-60,63-66,71-88H;;/q-6;2*+3. The molecule has 0 saturated heterocycles. The van der Waals surface area contributed by atoms with Crippen molar-refractivity contribution in [1.82, 2.24) is 29.9 Å². The molecule has 0 spiro atoms. The first-order valence-electron chi connectivity index (χ1n) is 48.5. The molecule has 0 bridgehead atoms. The molecule has 0 unspecified atom stereocenters. The van der Waals surface area contributed by atoms with Crippen LogP contribution in [0, 0.1) is 36.4 Å². The van der Waals surface area contributed by atoms with Gasteiger partial charge in [0.2, 0.25) is 0 Å². The van der Waals surface area contributed by atoms with E-state index in [9.17, 15) is 0 Å². The third-order valence-electron chi connectivity index (χ3n) is 28.1. The van der Waals surface area contributed by atoms with Gasteiger partial charge in [0.25, 0.3) is 0 Å². The molecule has 6 heterocycles. The summed E-state index contributed by atoms with van der Waals surface area (Å²) in [6, 6.07) is 188. The van der Waals surface area contributed by atoms with Crippen LogP contribution < -0.4 is 0 Å². The predicted octanol–water partition coefficient (Wildman–Crippen LogP) is 35.4. The first-order chi connectivity index (χ1) is 71.4. The number of fused-ring (bicyclic) bond motifs is 12. The summed E-state index contributed by atoms with van der Waals surface area (Å²) in [5.41, 5.74) is 40.1. The Morgan fingerprint density at radius 1 is 0.144 bits per heavy atom. The number of aromatic nitrogens is 6. The molecule has 0 saturated carbocycles. The Balaban J connectivity index is 0.00000571. The van der Waals surface area contributed by atoms with Gasteiger partial charge in [-0.25, -0.2) is 12.1 Å². The molecule has 682 valence electrons. The Bertz CT molecular complexity index is 8890. The fourth-order valence-corrected chi connectivity index (χ4v) is 21.2. The smallest absolute Gasteiger partial charge is 0.357 e. The van der Waals surface area contributed by atoms with Crippen molar-refractivity contribution < 1.29 is 40.2 Å². The van der Waals surface area contributed by atoms with Crippen LogP contribution in [-0.2, 0) is 40.2 Å². The Labute approximate surface area is 874 Å². The van der Waals surface area contributed by atoms with Crippen molar-refractivity contribution in [2.45, 2.75) is 0 Å². The second-order valence-corrected chi connectivity index (χ2v) is 36.5. The van der Waals surface area contributed by atoms with Crippen molar-refractivity contribution in [2.75, 3.05) is 0 Å². The molecular weight excluding hydrogens is 2130 g/mol. The second-order valence-electron chi connectivity index (χ2n) is 36.5. The van der Waals surface area contributed by atoms with E-state index in [0.717, 1.165) is 265 Å². The Morgan fingerprint density at radius 2 is 0.418 bits per heavy atom. The molecule has 26 rings (SSSR count). The minimum absolute atomic E-state index is 0. The number of pyridine rings is 6. The molecule has 0 amide bonds. The van der Waals surface area contributed by atoms with E-state index in [0.29, 0.717) is 11.4 Å². The van der Waals surface area contributed by atoms with Crippen molar-refractivity contribution in [3.05, 3.63) is 535 Å². The van der Waals surface area contributed by atoms with E-state index in [-0.39, 0.29) is 40.2 Å². The summed E-state index contributed by atoms with van der Waals surface area (Å²) in [6.07, 6.45) is 11.4. The molecule has 0 radical (unpaired) electrons. The first kappa shape index (κ1) is 90.7. The average Bonchev–Trinajstić information content (AvgIpc) is 0.739. The molecule has 0 fully saturated rings. The fourth-order valence-electron chi connectivity index (χ4n) is 21.2. The molecular formula is C138H82Ir2N6. The Kier molecular flexibility index (Phi) is 24.6. The Morgan fingerprint density at radius 3 is 0.760 bits per heavy atom. The van der Waals surface area contributed by atoms with Crippen LogP contribution in [0.2, 0.25) is 0 Å². The minimum Gasteiger partial charge on any atom is -0.357 e. The maximum atomic E-state index is 5.25. The topological polar surface area (TPSA) is 77.3 Å². The van der Waals surface area contributed by atoms with Crippen molar-refractivity contribution in [3.63, 3.8) is 0 Å². The van der Waals surface area contributed by atoms with Gasteiger partial charge < -0.3 is 29.9 Å². The number of benzene rings is 20. The van der Waals surface area contributed by atoms with Crippen molar-refractivity contribution in [2.24, 2.45) is 0 Å². The summed E-state index contributed by atoms with van der Waals surface area (Å²) in [5.74, 6) is 0. The van der Waals surface area contributed by atoms with Gasteiger partial charge in [0, 0.05) is 24.8 Å². The molecule has 0 N–H and O–H groups in total. The van der Waals surface area contributed by atoms with Gasteiger partial charge in [0.1, 0.15) is 0 Å².